The molecule has 23 heavy (non-hydrogen) atoms. The number of pyridine rings is 1. The Kier molecular flexibility index (Phi) is 4.41. The summed E-state index contributed by atoms with van der Waals surface area (Å²) in [5, 5.41) is 23.1. The molecule has 1 aromatic carbocycles. The van der Waals surface area contributed by atoms with E-state index in [9.17, 15) is 15.0 Å². The standard InChI is InChI=1S/C18H20N2O3/c1-11-5-7-12(8-6-11)13-10-15(21)17(22)16(13)20-18(23)14-4-2-3-9-19-14/h2-9,13,15-17,21-22H,10H2,1H3,(H,20,23)/t13-,15-,16-,17-/m1/s1. The molecule has 0 saturated heterocycles. The number of hydrogen-bond donors (Lipinski definition) is 3. The molecule has 1 aliphatic carbocycles. The number of aromatic nitrogens is 1. The summed E-state index contributed by atoms with van der Waals surface area (Å²) in [5.41, 5.74) is 2.43. The highest BCUT2D eigenvalue weighted by Gasteiger charge is 2.43. The maximum absolute atomic E-state index is 12.3. The number of nitrogens with zero attached hydrogens (tertiary/aromatic N) is 1. The van der Waals surface area contributed by atoms with Gasteiger partial charge in [0.2, 0.25) is 0 Å². The second-order valence-corrected chi connectivity index (χ2v) is 6.03. The van der Waals surface area contributed by atoms with Gasteiger partial charge >= 0.3 is 0 Å². The highest BCUT2D eigenvalue weighted by Crippen LogP contribution is 2.35. The molecule has 3 rings (SSSR count). The Hall–Kier alpha value is -2.24. The molecule has 1 saturated carbocycles. The van der Waals surface area contributed by atoms with Gasteiger partial charge in [0, 0.05) is 12.1 Å². The third-order valence-electron chi connectivity index (χ3n) is 4.39. The third-order valence-corrected chi connectivity index (χ3v) is 4.39. The largest absolute Gasteiger partial charge is 0.390 e. The Morgan fingerprint density at radius 1 is 1.17 bits per heavy atom. The summed E-state index contributed by atoms with van der Waals surface area (Å²) in [6.07, 6.45) is 0.119. The van der Waals surface area contributed by atoms with E-state index in [2.05, 4.69) is 10.3 Å². The molecule has 2 aromatic rings. The minimum Gasteiger partial charge on any atom is -0.390 e. The molecule has 1 aromatic heterocycles. The molecule has 120 valence electrons. The lowest BCUT2D eigenvalue weighted by atomic mass is 9.93. The first-order chi connectivity index (χ1) is 11.1. The highest BCUT2D eigenvalue weighted by molar-refractivity contribution is 5.92. The topological polar surface area (TPSA) is 82.5 Å². The third kappa shape index (κ3) is 3.25. The number of nitrogens with one attached hydrogen (secondary N) is 1. The molecule has 3 N–H and O–H groups in total. The number of rotatable bonds is 3. The lowest BCUT2D eigenvalue weighted by molar-refractivity contribution is 0.0294. The van der Waals surface area contributed by atoms with Gasteiger partial charge in [0.15, 0.2) is 0 Å². The van der Waals surface area contributed by atoms with Crippen molar-refractivity contribution in [2.45, 2.75) is 37.5 Å². The average molecular weight is 312 g/mol. The van der Waals surface area contributed by atoms with Crippen molar-refractivity contribution in [3.63, 3.8) is 0 Å². The van der Waals surface area contributed by atoms with E-state index in [-0.39, 0.29) is 11.8 Å². The first kappa shape index (κ1) is 15.6. The first-order valence-electron chi connectivity index (χ1n) is 7.71. The van der Waals surface area contributed by atoms with E-state index >= 15 is 0 Å². The molecule has 0 spiro atoms. The van der Waals surface area contributed by atoms with Crippen molar-refractivity contribution >= 4 is 5.91 Å². The van der Waals surface area contributed by atoms with Crippen LogP contribution >= 0.6 is 0 Å². The van der Waals surface area contributed by atoms with E-state index in [1.54, 1.807) is 24.4 Å². The van der Waals surface area contributed by atoms with Crippen LogP contribution in [0.5, 0.6) is 0 Å². The number of aryl methyl sites for hydroxylation is 1. The number of carbonyl (C=O) groups excluding carboxylic acids is 1. The van der Waals surface area contributed by atoms with Crippen LogP contribution in [-0.4, -0.2) is 39.4 Å². The Balaban J connectivity index is 1.82. The molecular formula is C18H20N2O3. The lowest BCUT2D eigenvalue weighted by Gasteiger charge is -2.23. The fraction of sp³-hybridized carbons (Fsp3) is 0.333. The molecule has 5 nitrogen and oxygen atoms in total. The van der Waals surface area contributed by atoms with Gasteiger partial charge in [-0.3, -0.25) is 9.78 Å². The summed E-state index contributed by atoms with van der Waals surface area (Å²) in [5.74, 6) is -0.478. The van der Waals surface area contributed by atoms with E-state index in [1.807, 2.05) is 31.2 Å². The molecule has 1 heterocycles. The molecule has 1 aliphatic rings. The number of carbonyl (C=O) groups is 1. The molecule has 4 atom stereocenters. The zero-order valence-corrected chi connectivity index (χ0v) is 12.9. The van der Waals surface area contributed by atoms with Crippen LogP contribution in [0.1, 0.15) is 34.0 Å². The predicted molar refractivity (Wildman–Crippen MR) is 86.0 cm³/mol. The van der Waals surface area contributed by atoms with Crippen molar-refractivity contribution in [2.75, 3.05) is 0 Å². The summed E-state index contributed by atoms with van der Waals surface area (Å²) in [4.78, 5) is 16.3. The van der Waals surface area contributed by atoms with Crippen molar-refractivity contribution in [3.05, 3.63) is 65.5 Å². The van der Waals surface area contributed by atoms with Crippen molar-refractivity contribution in [1.82, 2.24) is 10.3 Å². The average Bonchev–Trinajstić information content (AvgIpc) is 2.85. The van der Waals surface area contributed by atoms with E-state index in [1.165, 1.54) is 0 Å². The molecule has 1 fully saturated rings. The van der Waals surface area contributed by atoms with Crippen molar-refractivity contribution in [3.8, 4) is 0 Å². The normalized spacial score (nSPS) is 26.9. The number of hydrogen-bond acceptors (Lipinski definition) is 4. The van der Waals surface area contributed by atoms with E-state index < -0.39 is 18.2 Å². The van der Waals surface area contributed by atoms with Gasteiger partial charge in [-0.2, -0.15) is 0 Å². The second kappa shape index (κ2) is 6.48. The summed E-state index contributed by atoms with van der Waals surface area (Å²) in [6, 6.07) is 12.5. The van der Waals surface area contributed by atoms with Crippen LogP contribution in [0.3, 0.4) is 0 Å². The number of aliphatic hydroxyl groups excluding tert-OH is 2. The van der Waals surface area contributed by atoms with Crippen LogP contribution in [0.4, 0.5) is 0 Å². The summed E-state index contributed by atoms with van der Waals surface area (Å²) >= 11 is 0. The van der Waals surface area contributed by atoms with Gasteiger partial charge in [-0.15, -0.1) is 0 Å². The van der Waals surface area contributed by atoms with Gasteiger partial charge in [-0.25, -0.2) is 0 Å². The molecule has 0 radical (unpaired) electrons. The van der Waals surface area contributed by atoms with E-state index in [0.29, 0.717) is 12.1 Å². The molecule has 1 amide bonds. The number of amides is 1. The Labute approximate surface area is 135 Å². The maximum Gasteiger partial charge on any atom is 0.270 e. The Morgan fingerprint density at radius 2 is 1.91 bits per heavy atom. The van der Waals surface area contributed by atoms with Gasteiger partial charge in [-0.05, 0) is 31.0 Å². The number of benzene rings is 1. The maximum atomic E-state index is 12.3. The fourth-order valence-corrected chi connectivity index (χ4v) is 3.09. The Bertz CT molecular complexity index is 672. The second-order valence-electron chi connectivity index (χ2n) is 6.03. The minimum atomic E-state index is -0.992. The molecule has 0 bridgehead atoms. The zero-order valence-electron chi connectivity index (χ0n) is 12.9. The van der Waals surface area contributed by atoms with Crippen LogP contribution in [0, 0.1) is 6.92 Å². The van der Waals surface area contributed by atoms with E-state index in [4.69, 9.17) is 0 Å². The van der Waals surface area contributed by atoms with Gasteiger partial charge in [0.05, 0.1) is 12.1 Å². The van der Waals surface area contributed by atoms with Gasteiger partial charge in [-0.1, -0.05) is 35.9 Å². The Morgan fingerprint density at radius 3 is 2.57 bits per heavy atom. The van der Waals surface area contributed by atoms with E-state index in [0.717, 1.165) is 11.1 Å². The minimum absolute atomic E-state index is 0.131. The molecular weight excluding hydrogens is 292 g/mol. The highest BCUT2D eigenvalue weighted by atomic mass is 16.3. The molecule has 0 aliphatic heterocycles. The quantitative estimate of drug-likeness (QED) is 0.800. The summed E-state index contributed by atoms with van der Waals surface area (Å²) in [7, 11) is 0. The van der Waals surface area contributed by atoms with Crippen LogP contribution < -0.4 is 5.32 Å². The number of aliphatic hydroxyl groups is 2. The molecule has 0 unspecified atom stereocenters. The van der Waals surface area contributed by atoms with Crippen molar-refractivity contribution < 1.29 is 15.0 Å². The zero-order chi connectivity index (χ0) is 16.4. The lowest BCUT2D eigenvalue weighted by Crippen LogP contribution is -2.45. The van der Waals surface area contributed by atoms with Crippen LogP contribution in [0.15, 0.2) is 48.7 Å². The summed E-state index contributed by atoms with van der Waals surface area (Å²) in [6.45, 7) is 2.00. The van der Waals surface area contributed by atoms with Crippen molar-refractivity contribution in [2.24, 2.45) is 0 Å². The van der Waals surface area contributed by atoms with Crippen LogP contribution in [0.2, 0.25) is 0 Å². The van der Waals surface area contributed by atoms with Crippen LogP contribution in [-0.2, 0) is 0 Å². The smallest absolute Gasteiger partial charge is 0.270 e. The SMILES string of the molecule is Cc1ccc([C@H]2C[C@@H](O)[C@@H](O)[C@@H]2NC(=O)c2ccccn2)cc1. The monoisotopic (exact) mass is 312 g/mol. The first-order valence-corrected chi connectivity index (χ1v) is 7.71. The fourth-order valence-electron chi connectivity index (χ4n) is 3.09. The molecule has 5 heteroatoms. The van der Waals surface area contributed by atoms with Gasteiger partial charge in [0.1, 0.15) is 11.8 Å². The van der Waals surface area contributed by atoms with Gasteiger partial charge in [0.25, 0.3) is 5.91 Å². The summed E-state index contributed by atoms with van der Waals surface area (Å²) < 4.78 is 0. The predicted octanol–water partition coefficient (Wildman–Crippen LogP) is 1.40. The van der Waals surface area contributed by atoms with Gasteiger partial charge < -0.3 is 15.5 Å². The van der Waals surface area contributed by atoms with Crippen LogP contribution in [0.25, 0.3) is 0 Å². The van der Waals surface area contributed by atoms with Crippen molar-refractivity contribution in [1.29, 1.82) is 0 Å².